The fourth-order valence-electron chi connectivity index (χ4n) is 3.76. The van der Waals surface area contributed by atoms with Crippen molar-refractivity contribution in [3.8, 4) is 0 Å². The van der Waals surface area contributed by atoms with Crippen LogP contribution in [0.5, 0.6) is 0 Å². The number of carbonyl (C=O) groups is 3. The maximum Gasteiger partial charge on any atom is 0.255 e. The molecular formula is C25H31N3O3. The fourth-order valence-corrected chi connectivity index (χ4v) is 3.76. The summed E-state index contributed by atoms with van der Waals surface area (Å²) in [5, 5.41) is 5.89. The molecule has 0 bridgehead atoms. The fraction of sp³-hybridized carbons (Fsp3) is 0.400. The van der Waals surface area contributed by atoms with Crippen molar-refractivity contribution < 1.29 is 14.4 Å². The van der Waals surface area contributed by atoms with E-state index < -0.39 is 0 Å². The van der Waals surface area contributed by atoms with Crippen molar-refractivity contribution in [2.24, 2.45) is 5.92 Å². The normalized spacial score (nSPS) is 15.9. The molecule has 3 rings (SSSR count). The topological polar surface area (TPSA) is 78.5 Å². The van der Waals surface area contributed by atoms with Crippen molar-refractivity contribution in [2.45, 2.75) is 39.5 Å². The van der Waals surface area contributed by atoms with Crippen LogP contribution < -0.4 is 10.6 Å². The summed E-state index contributed by atoms with van der Waals surface area (Å²) in [6.45, 7) is 5.73. The van der Waals surface area contributed by atoms with Gasteiger partial charge in [-0.15, -0.1) is 0 Å². The highest BCUT2D eigenvalue weighted by molar-refractivity contribution is 6.05. The largest absolute Gasteiger partial charge is 0.356 e. The Bertz CT molecular complexity index is 927. The summed E-state index contributed by atoms with van der Waals surface area (Å²) < 4.78 is 0. The molecule has 2 N–H and O–H groups in total. The Hall–Kier alpha value is -3.15. The lowest BCUT2D eigenvalue weighted by atomic mass is 9.96. The first-order valence-electron chi connectivity index (χ1n) is 11.0. The molecule has 0 radical (unpaired) electrons. The summed E-state index contributed by atoms with van der Waals surface area (Å²) in [6, 6.07) is 14.3. The molecule has 1 heterocycles. The number of likely N-dealkylation sites (tertiary alicyclic amines) is 1. The molecule has 6 heteroatoms. The molecule has 2 aromatic rings. The van der Waals surface area contributed by atoms with E-state index in [9.17, 15) is 14.4 Å². The smallest absolute Gasteiger partial charge is 0.255 e. The van der Waals surface area contributed by atoms with E-state index in [2.05, 4.69) is 17.6 Å². The maximum atomic E-state index is 13.1. The van der Waals surface area contributed by atoms with Gasteiger partial charge in [0.15, 0.2) is 0 Å². The van der Waals surface area contributed by atoms with Crippen LogP contribution >= 0.6 is 0 Å². The summed E-state index contributed by atoms with van der Waals surface area (Å²) in [7, 11) is 0. The second-order valence-corrected chi connectivity index (χ2v) is 8.08. The molecule has 31 heavy (non-hydrogen) atoms. The standard InChI is InChI=1S/C25H31N3O3/c1-3-4-14-26-23(29)21-11-8-15-28(17-21)25(31)20-13-12-18(2)22(16-20)27-24(30)19-9-6-5-7-10-19/h5-7,9-10,12-13,16,21H,3-4,8,11,14-15,17H2,1-2H3,(H,26,29)(H,27,30). The van der Waals surface area contributed by atoms with Gasteiger partial charge in [-0.05, 0) is 56.0 Å². The Morgan fingerprint density at radius 2 is 1.84 bits per heavy atom. The average Bonchev–Trinajstić information content (AvgIpc) is 2.80. The van der Waals surface area contributed by atoms with Gasteiger partial charge in [0.2, 0.25) is 5.91 Å². The van der Waals surface area contributed by atoms with Gasteiger partial charge in [-0.3, -0.25) is 14.4 Å². The Balaban J connectivity index is 1.68. The average molecular weight is 422 g/mol. The van der Waals surface area contributed by atoms with Crippen LogP contribution in [0.1, 0.15) is 58.9 Å². The highest BCUT2D eigenvalue weighted by Gasteiger charge is 2.29. The molecule has 6 nitrogen and oxygen atoms in total. The molecule has 0 aromatic heterocycles. The molecule has 164 valence electrons. The third kappa shape index (κ3) is 5.94. The minimum Gasteiger partial charge on any atom is -0.356 e. The first kappa shape index (κ1) is 22.5. The number of benzene rings is 2. The van der Waals surface area contributed by atoms with Crippen LogP contribution in [0.4, 0.5) is 5.69 Å². The lowest BCUT2D eigenvalue weighted by Gasteiger charge is -2.32. The van der Waals surface area contributed by atoms with Crippen molar-refractivity contribution in [3.05, 3.63) is 65.2 Å². The number of aryl methyl sites for hydroxylation is 1. The number of anilines is 1. The monoisotopic (exact) mass is 421 g/mol. The number of nitrogens with zero attached hydrogens (tertiary/aromatic N) is 1. The van der Waals surface area contributed by atoms with Crippen LogP contribution in [0.25, 0.3) is 0 Å². The van der Waals surface area contributed by atoms with Crippen molar-refractivity contribution in [1.29, 1.82) is 0 Å². The number of piperidine rings is 1. The first-order valence-corrected chi connectivity index (χ1v) is 11.0. The molecule has 1 saturated heterocycles. The zero-order chi connectivity index (χ0) is 22.2. The summed E-state index contributed by atoms with van der Waals surface area (Å²) in [6.07, 6.45) is 3.60. The molecule has 0 saturated carbocycles. The Morgan fingerprint density at radius 1 is 1.06 bits per heavy atom. The molecule has 1 atom stereocenters. The predicted octanol–water partition coefficient (Wildman–Crippen LogP) is 4.02. The van der Waals surface area contributed by atoms with Gasteiger partial charge in [-0.2, -0.15) is 0 Å². The number of carbonyl (C=O) groups excluding carboxylic acids is 3. The minimum atomic E-state index is -0.213. The number of hydrogen-bond acceptors (Lipinski definition) is 3. The van der Waals surface area contributed by atoms with Crippen molar-refractivity contribution in [2.75, 3.05) is 25.0 Å². The predicted molar refractivity (Wildman–Crippen MR) is 122 cm³/mol. The Morgan fingerprint density at radius 3 is 2.58 bits per heavy atom. The van der Waals surface area contributed by atoms with Gasteiger partial charge in [-0.1, -0.05) is 37.6 Å². The quantitative estimate of drug-likeness (QED) is 0.663. The minimum absolute atomic E-state index is 0.0330. The van der Waals surface area contributed by atoms with Gasteiger partial charge in [0.25, 0.3) is 11.8 Å². The molecular weight excluding hydrogens is 390 g/mol. The van der Waals surface area contributed by atoms with Gasteiger partial charge < -0.3 is 15.5 Å². The van der Waals surface area contributed by atoms with Crippen molar-refractivity contribution in [1.82, 2.24) is 10.2 Å². The van der Waals surface area contributed by atoms with E-state index in [1.807, 2.05) is 31.2 Å². The maximum absolute atomic E-state index is 13.1. The zero-order valence-corrected chi connectivity index (χ0v) is 18.3. The van der Waals surface area contributed by atoms with Gasteiger partial charge in [0, 0.05) is 36.4 Å². The Kier molecular flexibility index (Phi) is 7.82. The van der Waals surface area contributed by atoms with E-state index in [1.165, 1.54) is 0 Å². The number of hydrogen-bond donors (Lipinski definition) is 2. The number of unbranched alkanes of at least 4 members (excludes halogenated alkanes) is 1. The molecule has 1 aliphatic rings. The summed E-state index contributed by atoms with van der Waals surface area (Å²) in [5.74, 6) is -0.459. The highest BCUT2D eigenvalue weighted by Crippen LogP contribution is 2.22. The van der Waals surface area contributed by atoms with E-state index in [0.29, 0.717) is 36.4 Å². The van der Waals surface area contributed by atoms with Crippen LogP contribution in [0, 0.1) is 12.8 Å². The summed E-state index contributed by atoms with van der Waals surface area (Å²) in [4.78, 5) is 39.8. The molecule has 3 amide bonds. The van der Waals surface area contributed by atoms with Crippen molar-refractivity contribution in [3.63, 3.8) is 0 Å². The van der Waals surface area contributed by atoms with Crippen LogP contribution in [-0.4, -0.2) is 42.3 Å². The van der Waals surface area contributed by atoms with Crippen LogP contribution in [0.2, 0.25) is 0 Å². The van der Waals surface area contributed by atoms with E-state index in [0.717, 1.165) is 31.2 Å². The second kappa shape index (κ2) is 10.8. The van der Waals surface area contributed by atoms with E-state index in [1.54, 1.807) is 29.2 Å². The van der Waals surface area contributed by atoms with Crippen molar-refractivity contribution >= 4 is 23.4 Å². The third-order valence-electron chi connectivity index (χ3n) is 5.68. The van der Waals surface area contributed by atoms with Crippen LogP contribution in [-0.2, 0) is 4.79 Å². The SMILES string of the molecule is CCCCNC(=O)C1CCCN(C(=O)c2ccc(C)c(NC(=O)c3ccccc3)c2)C1. The molecule has 1 fully saturated rings. The lowest BCUT2D eigenvalue weighted by molar-refractivity contribution is -0.126. The van der Waals surface area contributed by atoms with Gasteiger partial charge >= 0.3 is 0 Å². The molecule has 1 aliphatic heterocycles. The summed E-state index contributed by atoms with van der Waals surface area (Å²) in [5.41, 5.74) is 2.57. The van der Waals surface area contributed by atoms with E-state index in [4.69, 9.17) is 0 Å². The van der Waals surface area contributed by atoms with Crippen LogP contribution in [0.3, 0.4) is 0 Å². The van der Waals surface area contributed by atoms with Gasteiger partial charge in [-0.25, -0.2) is 0 Å². The number of amides is 3. The second-order valence-electron chi connectivity index (χ2n) is 8.08. The lowest BCUT2D eigenvalue weighted by Crippen LogP contribution is -2.45. The zero-order valence-electron chi connectivity index (χ0n) is 18.3. The highest BCUT2D eigenvalue weighted by atomic mass is 16.2. The number of rotatable bonds is 7. The molecule has 1 unspecified atom stereocenters. The third-order valence-corrected chi connectivity index (χ3v) is 5.68. The molecule has 0 aliphatic carbocycles. The van der Waals surface area contributed by atoms with Crippen LogP contribution in [0.15, 0.2) is 48.5 Å². The molecule has 0 spiro atoms. The van der Waals surface area contributed by atoms with Gasteiger partial charge in [0.1, 0.15) is 0 Å². The Labute approximate surface area is 184 Å². The van der Waals surface area contributed by atoms with Gasteiger partial charge in [0.05, 0.1) is 5.92 Å². The molecule has 2 aromatic carbocycles. The van der Waals surface area contributed by atoms with E-state index >= 15 is 0 Å². The summed E-state index contributed by atoms with van der Waals surface area (Å²) >= 11 is 0. The number of nitrogens with one attached hydrogen (secondary N) is 2. The first-order chi connectivity index (χ1) is 15.0. The van der Waals surface area contributed by atoms with E-state index in [-0.39, 0.29) is 23.6 Å².